The van der Waals surface area contributed by atoms with E-state index < -0.39 is 0 Å². The van der Waals surface area contributed by atoms with Crippen LogP contribution in [0.25, 0.3) is 0 Å². The lowest BCUT2D eigenvalue weighted by atomic mass is 10.2. The van der Waals surface area contributed by atoms with Crippen LogP contribution in [0.2, 0.25) is 0 Å². The van der Waals surface area contributed by atoms with E-state index in [0.29, 0.717) is 24.4 Å². The van der Waals surface area contributed by atoms with E-state index in [4.69, 9.17) is 9.15 Å². The van der Waals surface area contributed by atoms with E-state index in [1.54, 1.807) is 6.20 Å². The van der Waals surface area contributed by atoms with Crippen molar-refractivity contribution < 1.29 is 9.15 Å². The Bertz CT molecular complexity index is 552. The number of pyridine rings is 1. The van der Waals surface area contributed by atoms with E-state index in [1.165, 1.54) is 5.56 Å². The molecular formula is C15H20N4O2. The average molecular weight is 288 g/mol. The van der Waals surface area contributed by atoms with Gasteiger partial charge >= 0.3 is 0 Å². The molecule has 3 rings (SSSR count). The first-order chi connectivity index (χ1) is 10.3. The van der Waals surface area contributed by atoms with Crippen LogP contribution in [0.4, 0.5) is 0 Å². The molecule has 1 saturated heterocycles. The number of ether oxygens (including phenoxy) is 1. The van der Waals surface area contributed by atoms with Gasteiger partial charge in [0.1, 0.15) is 0 Å². The first-order valence-electron chi connectivity index (χ1n) is 7.31. The number of aryl methyl sites for hydroxylation is 1. The van der Waals surface area contributed by atoms with Crippen molar-refractivity contribution in [3.8, 4) is 0 Å². The second-order valence-electron chi connectivity index (χ2n) is 5.38. The summed E-state index contributed by atoms with van der Waals surface area (Å²) in [4.78, 5) is 6.45. The van der Waals surface area contributed by atoms with Gasteiger partial charge < -0.3 is 9.15 Å². The molecule has 0 amide bonds. The Morgan fingerprint density at radius 1 is 1.33 bits per heavy atom. The topological polar surface area (TPSA) is 64.3 Å². The van der Waals surface area contributed by atoms with E-state index in [9.17, 15) is 0 Å². The summed E-state index contributed by atoms with van der Waals surface area (Å²) in [5.74, 6) is 1.25. The van der Waals surface area contributed by atoms with Crippen molar-refractivity contribution in [3.05, 3.63) is 41.9 Å². The minimum Gasteiger partial charge on any atom is -0.424 e. The molecule has 2 aromatic rings. The molecule has 21 heavy (non-hydrogen) atoms. The van der Waals surface area contributed by atoms with Crippen LogP contribution in [0.5, 0.6) is 0 Å². The zero-order valence-corrected chi connectivity index (χ0v) is 12.2. The number of nitrogens with zero attached hydrogens (tertiary/aromatic N) is 4. The van der Waals surface area contributed by atoms with Gasteiger partial charge in [0.25, 0.3) is 0 Å². The van der Waals surface area contributed by atoms with Crippen molar-refractivity contribution >= 4 is 0 Å². The predicted molar refractivity (Wildman–Crippen MR) is 76.4 cm³/mol. The maximum absolute atomic E-state index is 5.74. The van der Waals surface area contributed by atoms with E-state index >= 15 is 0 Å². The Morgan fingerprint density at radius 3 is 2.95 bits per heavy atom. The normalized spacial score (nSPS) is 18.5. The molecule has 0 radical (unpaired) electrons. The van der Waals surface area contributed by atoms with Gasteiger partial charge in [-0.2, -0.15) is 0 Å². The van der Waals surface area contributed by atoms with Crippen molar-refractivity contribution in [1.82, 2.24) is 20.1 Å². The van der Waals surface area contributed by atoms with Gasteiger partial charge in [0.2, 0.25) is 11.8 Å². The smallest absolute Gasteiger partial charge is 0.230 e. The van der Waals surface area contributed by atoms with Crippen molar-refractivity contribution in [2.75, 3.05) is 13.2 Å². The molecule has 112 valence electrons. The van der Waals surface area contributed by atoms with Crippen LogP contribution in [0, 0.1) is 6.92 Å². The quantitative estimate of drug-likeness (QED) is 0.809. The number of rotatable bonds is 6. The number of hydrogen-bond donors (Lipinski definition) is 0. The van der Waals surface area contributed by atoms with E-state index in [0.717, 1.165) is 32.5 Å². The third kappa shape index (κ3) is 4.09. The monoisotopic (exact) mass is 288 g/mol. The minimum atomic E-state index is 0.297. The molecule has 2 aromatic heterocycles. The largest absolute Gasteiger partial charge is 0.424 e. The molecule has 1 aliphatic heterocycles. The molecule has 1 atom stereocenters. The van der Waals surface area contributed by atoms with Crippen molar-refractivity contribution in [2.45, 2.75) is 39.0 Å². The van der Waals surface area contributed by atoms with Crippen molar-refractivity contribution in [1.29, 1.82) is 0 Å². The fraction of sp³-hybridized carbons (Fsp3) is 0.533. The third-order valence-corrected chi connectivity index (χ3v) is 3.54. The summed E-state index contributed by atoms with van der Waals surface area (Å²) in [6, 6.07) is 4.03. The Kier molecular flexibility index (Phi) is 4.57. The molecule has 0 saturated carbocycles. The summed E-state index contributed by atoms with van der Waals surface area (Å²) in [6.07, 6.45) is 6.24. The van der Waals surface area contributed by atoms with Crippen LogP contribution in [0.15, 0.2) is 28.9 Å². The van der Waals surface area contributed by atoms with Gasteiger partial charge in [0.15, 0.2) is 0 Å². The standard InChI is InChI=1S/C15H20N4O2/c1-12-17-18-15(21-12)11-19(10-14-5-3-7-20-14)9-13-4-2-6-16-8-13/h2,4,6,8,14H,3,5,7,9-11H2,1H3/t14-/m0/s1. The molecule has 3 heterocycles. The maximum Gasteiger partial charge on any atom is 0.230 e. The molecule has 1 aliphatic rings. The Hall–Kier alpha value is -1.79. The molecule has 0 spiro atoms. The number of aromatic nitrogens is 3. The van der Waals surface area contributed by atoms with Gasteiger partial charge in [0, 0.05) is 39.0 Å². The van der Waals surface area contributed by atoms with E-state index in [1.807, 2.05) is 19.2 Å². The number of hydrogen-bond acceptors (Lipinski definition) is 6. The Labute approximate surface area is 124 Å². The average Bonchev–Trinajstić information content (AvgIpc) is 3.12. The van der Waals surface area contributed by atoms with Crippen LogP contribution in [-0.4, -0.2) is 39.3 Å². The van der Waals surface area contributed by atoms with Gasteiger partial charge in [-0.05, 0) is 24.5 Å². The summed E-state index contributed by atoms with van der Waals surface area (Å²) in [5.41, 5.74) is 1.17. The van der Waals surface area contributed by atoms with Crippen LogP contribution >= 0.6 is 0 Å². The Morgan fingerprint density at radius 2 is 2.29 bits per heavy atom. The molecule has 6 heteroatoms. The summed E-state index contributed by atoms with van der Waals surface area (Å²) >= 11 is 0. The van der Waals surface area contributed by atoms with Crippen molar-refractivity contribution in [3.63, 3.8) is 0 Å². The van der Waals surface area contributed by atoms with Crippen LogP contribution in [0.1, 0.15) is 30.2 Å². The fourth-order valence-electron chi connectivity index (χ4n) is 2.60. The summed E-state index contributed by atoms with van der Waals surface area (Å²) in [5, 5.41) is 7.98. The van der Waals surface area contributed by atoms with Crippen LogP contribution < -0.4 is 0 Å². The molecule has 0 unspecified atom stereocenters. The fourth-order valence-corrected chi connectivity index (χ4v) is 2.60. The molecule has 1 fully saturated rings. The van der Waals surface area contributed by atoms with E-state index in [2.05, 4.69) is 26.1 Å². The highest BCUT2D eigenvalue weighted by Crippen LogP contribution is 2.16. The van der Waals surface area contributed by atoms with Crippen molar-refractivity contribution in [2.24, 2.45) is 0 Å². The van der Waals surface area contributed by atoms with Gasteiger partial charge in [-0.3, -0.25) is 9.88 Å². The maximum atomic E-state index is 5.74. The van der Waals surface area contributed by atoms with E-state index in [-0.39, 0.29) is 0 Å². The molecule has 0 aliphatic carbocycles. The lowest BCUT2D eigenvalue weighted by molar-refractivity contribution is 0.0647. The molecule has 0 aromatic carbocycles. The lowest BCUT2D eigenvalue weighted by Gasteiger charge is -2.23. The summed E-state index contributed by atoms with van der Waals surface area (Å²) < 4.78 is 11.2. The third-order valence-electron chi connectivity index (χ3n) is 3.54. The first kappa shape index (κ1) is 14.2. The molecule has 6 nitrogen and oxygen atoms in total. The summed E-state index contributed by atoms with van der Waals surface area (Å²) in [7, 11) is 0. The minimum absolute atomic E-state index is 0.297. The molecule has 0 bridgehead atoms. The van der Waals surface area contributed by atoms with Crippen LogP contribution in [0.3, 0.4) is 0 Å². The highest BCUT2D eigenvalue weighted by atomic mass is 16.5. The molecule has 0 N–H and O–H groups in total. The second kappa shape index (κ2) is 6.78. The summed E-state index contributed by atoms with van der Waals surface area (Å²) in [6.45, 7) is 4.98. The second-order valence-corrected chi connectivity index (χ2v) is 5.38. The zero-order chi connectivity index (χ0) is 14.5. The Balaban J connectivity index is 1.67. The van der Waals surface area contributed by atoms with Gasteiger partial charge in [0.05, 0.1) is 12.6 Å². The highest BCUT2D eigenvalue weighted by molar-refractivity contribution is 5.08. The van der Waals surface area contributed by atoms with Gasteiger partial charge in [-0.1, -0.05) is 6.07 Å². The molecular weight excluding hydrogens is 268 g/mol. The SMILES string of the molecule is Cc1nnc(CN(Cc2cccnc2)C[C@@H]2CCCO2)o1. The van der Waals surface area contributed by atoms with Gasteiger partial charge in [-0.25, -0.2) is 0 Å². The first-order valence-corrected chi connectivity index (χ1v) is 7.31. The predicted octanol–water partition coefficient (Wildman–Crippen LogP) is 1.95. The highest BCUT2D eigenvalue weighted by Gasteiger charge is 2.21. The lowest BCUT2D eigenvalue weighted by Crippen LogP contribution is -2.31. The van der Waals surface area contributed by atoms with Crippen LogP contribution in [-0.2, 0) is 17.8 Å². The zero-order valence-electron chi connectivity index (χ0n) is 12.2. The van der Waals surface area contributed by atoms with Gasteiger partial charge in [-0.15, -0.1) is 10.2 Å².